The summed E-state index contributed by atoms with van der Waals surface area (Å²) in [5, 5.41) is 0. The maximum absolute atomic E-state index is 5.28. The first-order valence-corrected chi connectivity index (χ1v) is 4.91. The van der Waals surface area contributed by atoms with Gasteiger partial charge in [-0.3, -0.25) is 0 Å². The van der Waals surface area contributed by atoms with E-state index in [9.17, 15) is 0 Å². The second-order valence-electron chi connectivity index (χ2n) is 2.61. The van der Waals surface area contributed by atoms with Crippen LogP contribution in [0.1, 0.15) is 0 Å². The monoisotopic (exact) mass is 242 g/mol. The van der Waals surface area contributed by atoms with Crippen LogP contribution in [0.15, 0.2) is 51.4 Å². The zero-order chi connectivity index (χ0) is 12.9. The topological polar surface area (TPSA) is 46.2 Å². The Morgan fingerprint density at radius 2 is 0.941 bits per heavy atom. The van der Waals surface area contributed by atoms with Crippen molar-refractivity contribution in [3.05, 3.63) is 51.4 Å². The number of rotatable bonds is 12. The van der Waals surface area contributed by atoms with Crippen LogP contribution in [0.5, 0.6) is 0 Å². The highest BCUT2D eigenvalue weighted by molar-refractivity contribution is 4.60. The minimum Gasteiger partial charge on any atom is -0.461 e. The van der Waals surface area contributed by atoms with Gasteiger partial charge in [-0.15, -0.1) is 0 Å². The molecule has 0 bridgehead atoms. The highest BCUT2D eigenvalue weighted by Gasteiger charge is 2.12. The normalized spacial score (nSPS) is 9.53. The van der Waals surface area contributed by atoms with Gasteiger partial charge in [0.15, 0.2) is 0 Å². The largest absolute Gasteiger partial charge is 0.461 e. The van der Waals surface area contributed by atoms with E-state index in [2.05, 4.69) is 26.3 Å². The van der Waals surface area contributed by atoms with Gasteiger partial charge in [-0.05, 0) is 0 Å². The van der Waals surface area contributed by atoms with E-state index >= 15 is 0 Å². The quantitative estimate of drug-likeness (QED) is 0.388. The Morgan fingerprint density at radius 1 is 0.647 bits per heavy atom. The zero-order valence-electron chi connectivity index (χ0n) is 9.75. The van der Waals surface area contributed by atoms with E-state index in [0.29, 0.717) is 0 Å². The highest BCUT2D eigenvalue weighted by atomic mass is 16.7. The fourth-order valence-corrected chi connectivity index (χ4v) is 0.911. The number of hydrogen-bond acceptors (Lipinski definition) is 5. The minimum atomic E-state index is -0.599. The Balaban J connectivity index is 3.88. The summed E-state index contributed by atoms with van der Waals surface area (Å²) >= 11 is 0. The van der Waals surface area contributed by atoms with Crippen molar-refractivity contribution in [2.24, 2.45) is 0 Å². The molecule has 17 heavy (non-hydrogen) atoms. The lowest BCUT2D eigenvalue weighted by Gasteiger charge is -2.19. The van der Waals surface area contributed by atoms with Crippen LogP contribution in [0, 0.1) is 0 Å². The predicted octanol–water partition coefficient (Wildman–Crippen LogP) is 2.30. The highest BCUT2D eigenvalue weighted by Crippen LogP contribution is 2.01. The fraction of sp³-hybridized carbons (Fsp3) is 0.333. The van der Waals surface area contributed by atoms with Crippen molar-refractivity contribution in [3.63, 3.8) is 0 Å². The molecule has 0 atom stereocenters. The molecule has 0 fully saturated rings. The molecule has 0 saturated heterocycles. The average Bonchev–Trinajstić information content (AvgIpc) is 2.30. The molecule has 0 radical (unpaired) electrons. The van der Waals surface area contributed by atoms with Crippen LogP contribution >= 0.6 is 0 Å². The van der Waals surface area contributed by atoms with Crippen molar-refractivity contribution >= 4 is 0 Å². The molecule has 0 aromatic heterocycles. The smallest absolute Gasteiger partial charge is 0.262 e. The summed E-state index contributed by atoms with van der Waals surface area (Å²) < 4.78 is 25.3. The molecule has 5 nitrogen and oxygen atoms in total. The van der Waals surface area contributed by atoms with Gasteiger partial charge < -0.3 is 23.7 Å². The van der Waals surface area contributed by atoms with Crippen LogP contribution in [0.3, 0.4) is 0 Å². The Bertz CT molecular complexity index is 195. The van der Waals surface area contributed by atoms with Crippen molar-refractivity contribution in [3.8, 4) is 0 Å². The first kappa shape index (κ1) is 15.1. The fourth-order valence-electron chi connectivity index (χ4n) is 0.911. The van der Waals surface area contributed by atoms with Gasteiger partial charge in [-0.1, -0.05) is 26.3 Å². The molecular formula is C12H18O5. The lowest BCUT2D eigenvalue weighted by molar-refractivity contribution is -0.149. The maximum Gasteiger partial charge on any atom is 0.262 e. The van der Waals surface area contributed by atoms with Gasteiger partial charge in [0.1, 0.15) is 13.2 Å². The van der Waals surface area contributed by atoms with E-state index in [1.807, 2.05) is 0 Å². The van der Waals surface area contributed by atoms with Crippen LogP contribution in [0.25, 0.3) is 0 Å². The molecule has 0 rings (SSSR count). The van der Waals surface area contributed by atoms with Crippen LogP contribution in [0.4, 0.5) is 0 Å². The SMILES string of the molecule is C=COC(COCC(OC=C)OC=C)OC=C. The van der Waals surface area contributed by atoms with Crippen molar-refractivity contribution in [2.75, 3.05) is 13.2 Å². The Kier molecular flexibility index (Phi) is 9.46. The van der Waals surface area contributed by atoms with Crippen LogP contribution in [-0.4, -0.2) is 25.8 Å². The van der Waals surface area contributed by atoms with Gasteiger partial charge in [0.2, 0.25) is 0 Å². The molecule has 0 aliphatic carbocycles. The van der Waals surface area contributed by atoms with Gasteiger partial charge in [0.05, 0.1) is 25.0 Å². The molecule has 0 aromatic rings. The molecule has 96 valence electrons. The number of ether oxygens (including phenoxy) is 5. The molecule has 0 aromatic carbocycles. The third-order valence-corrected chi connectivity index (χ3v) is 1.50. The summed E-state index contributed by atoms with van der Waals surface area (Å²) in [5.74, 6) is 0. The van der Waals surface area contributed by atoms with Gasteiger partial charge in [-0.2, -0.15) is 0 Å². The zero-order valence-corrected chi connectivity index (χ0v) is 9.75. The van der Waals surface area contributed by atoms with Gasteiger partial charge in [0, 0.05) is 0 Å². The van der Waals surface area contributed by atoms with Crippen molar-refractivity contribution in [2.45, 2.75) is 12.6 Å². The first-order valence-electron chi connectivity index (χ1n) is 4.91. The van der Waals surface area contributed by atoms with Crippen molar-refractivity contribution in [1.29, 1.82) is 0 Å². The molecule has 0 N–H and O–H groups in total. The van der Waals surface area contributed by atoms with E-state index in [1.165, 1.54) is 25.0 Å². The lowest BCUT2D eigenvalue weighted by Crippen LogP contribution is -2.25. The number of hydrogen-bond donors (Lipinski definition) is 0. The molecule has 0 aliphatic heterocycles. The van der Waals surface area contributed by atoms with Gasteiger partial charge in [0.25, 0.3) is 12.6 Å². The van der Waals surface area contributed by atoms with Crippen LogP contribution in [0.2, 0.25) is 0 Å². The van der Waals surface area contributed by atoms with E-state index in [0.717, 1.165) is 0 Å². The third-order valence-electron chi connectivity index (χ3n) is 1.50. The first-order chi connectivity index (χ1) is 8.28. The molecular weight excluding hydrogens is 224 g/mol. The minimum absolute atomic E-state index is 0.176. The van der Waals surface area contributed by atoms with Crippen molar-refractivity contribution < 1.29 is 23.7 Å². The Labute approximate surface area is 102 Å². The molecule has 5 heteroatoms. The molecule has 0 amide bonds. The van der Waals surface area contributed by atoms with E-state index in [4.69, 9.17) is 23.7 Å². The predicted molar refractivity (Wildman–Crippen MR) is 63.5 cm³/mol. The molecule has 0 heterocycles. The Hall–Kier alpha value is -1.88. The van der Waals surface area contributed by atoms with Crippen molar-refractivity contribution in [1.82, 2.24) is 0 Å². The summed E-state index contributed by atoms with van der Waals surface area (Å²) in [6, 6.07) is 0. The maximum atomic E-state index is 5.28. The summed E-state index contributed by atoms with van der Waals surface area (Å²) in [4.78, 5) is 0. The summed E-state index contributed by atoms with van der Waals surface area (Å²) in [6.07, 6.45) is 3.84. The average molecular weight is 242 g/mol. The van der Waals surface area contributed by atoms with Crippen LogP contribution < -0.4 is 0 Å². The van der Waals surface area contributed by atoms with E-state index in [1.54, 1.807) is 0 Å². The van der Waals surface area contributed by atoms with Gasteiger partial charge in [-0.25, -0.2) is 0 Å². The standard InChI is InChI=1S/C12H18O5/c1-5-14-11(15-6-2)9-13-10-12(16-7-3)17-8-4/h5-8,11-12H,1-4,9-10H2. The third kappa shape index (κ3) is 7.98. The Morgan fingerprint density at radius 3 is 1.18 bits per heavy atom. The molecule has 0 aliphatic rings. The summed E-state index contributed by atoms with van der Waals surface area (Å²) in [5.41, 5.74) is 0. The lowest BCUT2D eigenvalue weighted by atomic mass is 10.6. The second-order valence-corrected chi connectivity index (χ2v) is 2.61. The molecule has 0 spiro atoms. The van der Waals surface area contributed by atoms with Gasteiger partial charge >= 0.3 is 0 Å². The summed E-state index contributed by atoms with van der Waals surface area (Å²) in [6.45, 7) is 14.0. The molecule has 0 saturated carbocycles. The molecule has 0 unspecified atom stereocenters. The van der Waals surface area contributed by atoms with E-state index in [-0.39, 0.29) is 13.2 Å². The van der Waals surface area contributed by atoms with Crippen LogP contribution in [-0.2, 0) is 23.7 Å². The summed E-state index contributed by atoms with van der Waals surface area (Å²) in [7, 11) is 0. The van der Waals surface area contributed by atoms with E-state index < -0.39 is 12.6 Å². The second kappa shape index (κ2) is 10.6.